The van der Waals surface area contributed by atoms with Crippen molar-refractivity contribution in [2.24, 2.45) is 5.92 Å². The molecular formula is C15H21FN2O2. The number of ether oxygens (including phenoxy) is 2. The molecule has 2 saturated heterocycles. The second-order valence-electron chi connectivity index (χ2n) is 5.79. The number of aromatic nitrogens is 1. The maximum Gasteiger partial charge on any atom is 0.141 e. The summed E-state index contributed by atoms with van der Waals surface area (Å²) in [5.74, 6) is 0.132. The Balaban J connectivity index is 1.78. The first-order valence-electron chi connectivity index (χ1n) is 7.22. The second kappa shape index (κ2) is 5.76. The molecule has 1 aromatic heterocycles. The van der Waals surface area contributed by atoms with Crippen LogP contribution in [0.15, 0.2) is 18.5 Å². The smallest absolute Gasteiger partial charge is 0.141 e. The summed E-state index contributed by atoms with van der Waals surface area (Å²) in [7, 11) is 1.92. The van der Waals surface area contributed by atoms with Crippen molar-refractivity contribution in [3.63, 3.8) is 0 Å². The number of nitrogens with one attached hydrogen (secondary N) is 1. The zero-order valence-corrected chi connectivity index (χ0v) is 11.8. The summed E-state index contributed by atoms with van der Waals surface area (Å²) >= 11 is 0. The molecule has 0 bridgehead atoms. The van der Waals surface area contributed by atoms with Gasteiger partial charge in [0.1, 0.15) is 5.82 Å². The average Bonchev–Trinajstić information content (AvgIpc) is 2.88. The SMILES string of the molecule is CNC(c1cncc(F)c1)C1CCOC2(CCOC2)C1. The first-order chi connectivity index (χ1) is 9.72. The lowest BCUT2D eigenvalue weighted by Crippen LogP contribution is -2.43. The van der Waals surface area contributed by atoms with Crippen LogP contribution in [0, 0.1) is 11.7 Å². The van der Waals surface area contributed by atoms with Crippen molar-refractivity contribution in [1.29, 1.82) is 0 Å². The molecule has 0 aromatic carbocycles. The molecule has 3 unspecified atom stereocenters. The Morgan fingerprint density at radius 1 is 1.45 bits per heavy atom. The van der Waals surface area contributed by atoms with Gasteiger partial charge in [-0.25, -0.2) is 4.39 Å². The number of nitrogens with zero attached hydrogens (tertiary/aromatic N) is 1. The molecule has 0 amide bonds. The van der Waals surface area contributed by atoms with Crippen LogP contribution < -0.4 is 5.32 Å². The summed E-state index contributed by atoms with van der Waals surface area (Å²) < 4.78 is 24.9. The van der Waals surface area contributed by atoms with E-state index in [-0.39, 0.29) is 17.5 Å². The van der Waals surface area contributed by atoms with Crippen LogP contribution in [0.4, 0.5) is 4.39 Å². The van der Waals surface area contributed by atoms with E-state index in [2.05, 4.69) is 10.3 Å². The van der Waals surface area contributed by atoms with E-state index < -0.39 is 0 Å². The fourth-order valence-corrected chi connectivity index (χ4v) is 3.49. The molecule has 1 spiro atoms. The first-order valence-corrected chi connectivity index (χ1v) is 7.22. The minimum atomic E-state index is -0.284. The van der Waals surface area contributed by atoms with Gasteiger partial charge in [-0.15, -0.1) is 0 Å². The topological polar surface area (TPSA) is 43.4 Å². The Morgan fingerprint density at radius 2 is 2.35 bits per heavy atom. The van der Waals surface area contributed by atoms with Crippen molar-refractivity contribution in [2.75, 3.05) is 26.9 Å². The third kappa shape index (κ3) is 2.71. The van der Waals surface area contributed by atoms with Crippen LogP contribution in [0.3, 0.4) is 0 Å². The summed E-state index contributed by atoms with van der Waals surface area (Å²) in [4.78, 5) is 3.97. The monoisotopic (exact) mass is 280 g/mol. The van der Waals surface area contributed by atoms with Crippen LogP contribution in [-0.4, -0.2) is 37.5 Å². The van der Waals surface area contributed by atoms with Crippen molar-refractivity contribution in [3.05, 3.63) is 29.8 Å². The molecule has 20 heavy (non-hydrogen) atoms. The van der Waals surface area contributed by atoms with Crippen molar-refractivity contribution >= 4 is 0 Å². The summed E-state index contributed by atoms with van der Waals surface area (Å²) in [6.45, 7) is 2.20. The van der Waals surface area contributed by atoms with E-state index in [9.17, 15) is 4.39 Å². The predicted molar refractivity (Wildman–Crippen MR) is 72.8 cm³/mol. The van der Waals surface area contributed by atoms with Crippen LogP contribution in [0.1, 0.15) is 30.9 Å². The van der Waals surface area contributed by atoms with E-state index in [4.69, 9.17) is 9.47 Å². The van der Waals surface area contributed by atoms with Gasteiger partial charge in [-0.2, -0.15) is 0 Å². The molecular weight excluding hydrogens is 259 g/mol. The molecule has 0 radical (unpaired) electrons. The summed E-state index contributed by atoms with van der Waals surface area (Å²) in [6, 6.07) is 1.68. The number of hydrogen-bond acceptors (Lipinski definition) is 4. The highest BCUT2D eigenvalue weighted by Crippen LogP contribution is 2.40. The van der Waals surface area contributed by atoms with Crippen LogP contribution >= 0.6 is 0 Å². The largest absolute Gasteiger partial charge is 0.378 e. The highest BCUT2D eigenvalue weighted by Gasteiger charge is 2.43. The molecule has 0 aliphatic carbocycles. The molecule has 3 rings (SSSR count). The molecule has 0 saturated carbocycles. The zero-order chi connectivity index (χ0) is 14.0. The number of hydrogen-bond donors (Lipinski definition) is 1. The van der Waals surface area contributed by atoms with Gasteiger partial charge in [-0.05, 0) is 37.4 Å². The minimum absolute atomic E-state index is 0.111. The normalized spacial score (nSPS) is 31.6. The van der Waals surface area contributed by atoms with Crippen molar-refractivity contribution in [3.8, 4) is 0 Å². The first kappa shape index (κ1) is 13.9. The average molecular weight is 280 g/mol. The molecule has 4 nitrogen and oxygen atoms in total. The summed E-state index contributed by atoms with van der Waals surface area (Å²) in [5.41, 5.74) is 0.784. The fraction of sp³-hybridized carbons (Fsp3) is 0.667. The molecule has 5 heteroatoms. The van der Waals surface area contributed by atoms with E-state index in [1.165, 1.54) is 6.20 Å². The maximum absolute atomic E-state index is 13.4. The lowest BCUT2D eigenvalue weighted by atomic mass is 9.79. The molecule has 1 N–H and O–H groups in total. The fourth-order valence-electron chi connectivity index (χ4n) is 3.49. The van der Waals surface area contributed by atoms with Gasteiger partial charge in [0.2, 0.25) is 0 Å². The summed E-state index contributed by atoms with van der Waals surface area (Å²) in [5, 5.41) is 3.32. The lowest BCUT2D eigenvalue weighted by Gasteiger charge is -2.40. The van der Waals surface area contributed by atoms with Crippen LogP contribution in [0.5, 0.6) is 0 Å². The standard InChI is InChI=1S/C15H21FN2O2/c1-17-14(12-6-13(16)9-18-8-12)11-2-4-20-15(7-11)3-5-19-10-15/h6,8-9,11,14,17H,2-5,7,10H2,1H3. The highest BCUT2D eigenvalue weighted by molar-refractivity contribution is 5.17. The number of rotatable bonds is 3. The molecule has 110 valence electrons. The van der Waals surface area contributed by atoms with Gasteiger partial charge in [-0.1, -0.05) is 0 Å². The molecule has 2 fully saturated rings. The van der Waals surface area contributed by atoms with Gasteiger partial charge in [0, 0.05) is 31.9 Å². The van der Waals surface area contributed by atoms with E-state index in [0.717, 1.165) is 38.0 Å². The third-order valence-electron chi connectivity index (χ3n) is 4.47. The van der Waals surface area contributed by atoms with Crippen LogP contribution in [0.25, 0.3) is 0 Å². The second-order valence-corrected chi connectivity index (χ2v) is 5.79. The van der Waals surface area contributed by atoms with Crippen LogP contribution in [-0.2, 0) is 9.47 Å². The molecule has 3 atom stereocenters. The Labute approximate surface area is 118 Å². The van der Waals surface area contributed by atoms with Crippen molar-refractivity contribution in [2.45, 2.75) is 30.9 Å². The van der Waals surface area contributed by atoms with E-state index in [1.807, 2.05) is 7.05 Å². The minimum Gasteiger partial charge on any atom is -0.378 e. The zero-order valence-electron chi connectivity index (χ0n) is 11.8. The van der Waals surface area contributed by atoms with Crippen LogP contribution in [0.2, 0.25) is 0 Å². The highest BCUT2D eigenvalue weighted by atomic mass is 19.1. The molecule has 3 heterocycles. The van der Waals surface area contributed by atoms with Gasteiger partial charge in [0.15, 0.2) is 0 Å². The lowest BCUT2D eigenvalue weighted by molar-refractivity contribution is -0.103. The van der Waals surface area contributed by atoms with E-state index >= 15 is 0 Å². The Bertz CT molecular complexity index is 463. The summed E-state index contributed by atoms with van der Waals surface area (Å²) in [6.07, 6.45) is 5.88. The number of halogens is 1. The predicted octanol–water partition coefficient (Wildman–Crippen LogP) is 2.07. The maximum atomic E-state index is 13.4. The van der Waals surface area contributed by atoms with Gasteiger partial charge in [-0.3, -0.25) is 4.98 Å². The van der Waals surface area contributed by atoms with Gasteiger partial charge >= 0.3 is 0 Å². The number of pyridine rings is 1. The van der Waals surface area contributed by atoms with Gasteiger partial charge in [0.05, 0.1) is 18.4 Å². The van der Waals surface area contributed by atoms with E-state index in [0.29, 0.717) is 12.5 Å². The van der Waals surface area contributed by atoms with Crippen molar-refractivity contribution < 1.29 is 13.9 Å². The van der Waals surface area contributed by atoms with Crippen molar-refractivity contribution in [1.82, 2.24) is 10.3 Å². The Morgan fingerprint density at radius 3 is 3.05 bits per heavy atom. The Hall–Kier alpha value is -1.04. The molecule has 1 aromatic rings. The molecule has 2 aliphatic rings. The Kier molecular flexibility index (Phi) is 4.01. The molecule has 2 aliphatic heterocycles. The van der Waals surface area contributed by atoms with E-state index in [1.54, 1.807) is 12.3 Å². The van der Waals surface area contributed by atoms with Gasteiger partial charge < -0.3 is 14.8 Å². The van der Waals surface area contributed by atoms with Gasteiger partial charge in [0.25, 0.3) is 0 Å². The third-order valence-corrected chi connectivity index (χ3v) is 4.47. The quantitative estimate of drug-likeness (QED) is 0.920.